The minimum atomic E-state index is -4.02. The molecule has 0 aromatic carbocycles. The van der Waals surface area contributed by atoms with Gasteiger partial charge in [0.15, 0.2) is 0 Å². The van der Waals surface area contributed by atoms with Crippen LogP contribution in [0, 0.1) is 13.8 Å². The minimum Gasteiger partial charge on any atom is -0.394 e. The van der Waals surface area contributed by atoms with Crippen LogP contribution >= 0.6 is 19.0 Å². The van der Waals surface area contributed by atoms with Gasteiger partial charge in [-0.05, 0) is 13.8 Å². The van der Waals surface area contributed by atoms with Crippen LogP contribution in [0.25, 0.3) is 0 Å². The van der Waals surface area contributed by atoms with Crippen molar-refractivity contribution >= 4 is 24.9 Å². The highest BCUT2D eigenvalue weighted by Crippen LogP contribution is 2.56. The Hall–Kier alpha value is -2.30. The Morgan fingerprint density at radius 3 is 2.45 bits per heavy atom. The van der Waals surface area contributed by atoms with Crippen molar-refractivity contribution in [2.24, 2.45) is 0 Å². The standard InChI is InChI=1S/C21H30N5O10PS/c1-10-6-25(20(29)23-18(10)22)17-5-13(14(8-27)34-17)36-37(31,38)33-9-15-12(32-3)4-16(35-15)26-7-11(2)19(28)24-21(26)30/h6-7,12-17,27H,4-5,8-9H2,1-3H3,(H,31,38)(H2,22,23,29)(H,24,28,30)/t12-,13-,14+,15?,16?,17?,37-/m0/s1. The van der Waals surface area contributed by atoms with Crippen molar-refractivity contribution in [3.8, 4) is 0 Å². The monoisotopic (exact) mass is 575 g/mol. The normalized spacial score (nSPS) is 29.0. The van der Waals surface area contributed by atoms with Crippen molar-refractivity contribution < 1.29 is 32.9 Å². The van der Waals surface area contributed by atoms with Gasteiger partial charge in [0, 0.05) is 43.5 Å². The van der Waals surface area contributed by atoms with Crippen LogP contribution in [0.1, 0.15) is 36.4 Å². The minimum absolute atomic E-state index is 0.0568. The van der Waals surface area contributed by atoms with E-state index in [-0.39, 0.29) is 25.3 Å². The van der Waals surface area contributed by atoms with Gasteiger partial charge in [-0.1, -0.05) is 12.2 Å². The Balaban J connectivity index is 1.41. The number of H-pyrrole nitrogens is 1. The second kappa shape index (κ2) is 11.4. The number of rotatable bonds is 9. The lowest BCUT2D eigenvalue weighted by Gasteiger charge is -2.23. The number of aromatic nitrogens is 4. The Kier molecular flexibility index (Phi) is 8.64. The Labute approximate surface area is 221 Å². The van der Waals surface area contributed by atoms with Crippen molar-refractivity contribution in [1.29, 1.82) is 0 Å². The molecular weight excluding hydrogens is 545 g/mol. The van der Waals surface area contributed by atoms with Gasteiger partial charge < -0.3 is 25.1 Å². The number of aromatic amines is 1. The fraction of sp³-hybridized carbons (Fsp3) is 0.619. The highest BCUT2D eigenvalue weighted by molar-refractivity contribution is 8.44. The summed E-state index contributed by atoms with van der Waals surface area (Å²) in [4.78, 5) is 42.2. The molecule has 15 nitrogen and oxygen atoms in total. The summed E-state index contributed by atoms with van der Waals surface area (Å²) in [6.07, 6.45) is -1.50. The van der Waals surface area contributed by atoms with Crippen molar-refractivity contribution in [3.63, 3.8) is 0 Å². The quantitative estimate of drug-likeness (QED) is 0.231. The summed E-state index contributed by atoms with van der Waals surface area (Å²) in [7, 11) is 1.46. The predicted octanol–water partition coefficient (Wildman–Crippen LogP) is 0.0145. The van der Waals surface area contributed by atoms with E-state index in [0.29, 0.717) is 11.1 Å². The summed E-state index contributed by atoms with van der Waals surface area (Å²) in [5, 5.41) is 9.76. The average molecular weight is 576 g/mol. The van der Waals surface area contributed by atoms with E-state index >= 15 is 0 Å². The molecule has 7 atom stereocenters. The van der Waals surface area contributed by atoms with Crippen molar-refractivity contribution in [2.45, 2.75) is 63.6 Å². The third-order valence-corrected chi connectivity index (χ3v) is 8.10. The number of nitrogens with two attached hydrogens (primary N) is 1. The summed E-state index contributed by atoms with van der Waals surface area (Å²) >= 11 is 4.06. The zero-order chi connectivity index (χ0) is 27.8. The van der Waals surface area contributed by atoms with Gasteiger partial charge in [0.05, 0.1) is 19.3 Å². The molecule has 2 aromatic rings. The van der Waals surface area contributed by atoms with E-state index in [0.717, 1.165) is 0 Å². The third kappa shape index (κ3) is 6.13. The lowest BCUT2D eigenvalue weighted by molar-refractivity contribution is -0.0554. The summed E-state index contributed by atoms with van der Waals surface area (Å²) in [5.74, 6) is 0.0929. The van der Waals surface area contributed by atoms with Gasteiger partial charge in [0.2, 0.25) is 0 Å². The predicted molar refractivity (Wildman–Crippen MR) is 136 cm³/mol. The first-order valence-corrected chi connectivity index (χ1v) is 14.4. The summed E-state index contributed by atoms with van der Waals surface area (Å²) in [5.41, 5.74) is 4.79. The molecule has 0 saturated carbocycles. The topological polar surface area (TPSA) is 199 Å². The van der Waals surface area contributed by atoms with E-state index in [4.69, 9.17) is 29.0 Å². The van der Waals surface area contributed by atoms with Crippen LogP contribution in [-0.4, -0.2) is 68.9 Å². The largest absolute Gasteiger partial charge is 0.394 e. The van der Waals surface area contributed by atoms with Crippen LogP contribution in [0.15, 0.2) is 26.8 Å². The molecular formula is C21H30N5O10PS. The van der Waals surface area contributed by atoms with Gasteiger partial charge in [0.1, 0.15) is 36.6 Å². The maximum Gasteiger partial charge on any atom is 0.386 e. The lowest BCUT2D eigenvalue weighted by Crippen LogP contribution is -2.33. The number of aryl methyl sites for hydroxylation is 2. The van der Waals surface area contributed by atoms with Crippen LogP contribution in [0.5, 0.6) is 0 Å². The number of aliphatic hydroxyl groups is 1. The van der Waals surface area contributed by atoms with Crippen molar-refractivity contribution in [3.05, 3.63) is 54.8 Å². The number of nitrogens with zero attached hydrogens (tertiary/aromatic N) is 3. The zero-order valence-electron chi connectivity index (χ0n) is 20.9. The molecule has 2 saturated heterocycles. The molecule has 3 unspecified atom stereocenters. The number of ether oxygens (including phenoxy) is 3. The molecule has 210 valence electrons. The van der Waals surface area contributed by atoms with Gasteiger partial charge in [-0.25, -0.2) is 14.2 Å². The van der Waals surface area contributed by atoms with E-state index in [1.807, 2.05) is 0 Å². The van der Waals surface area contributed by atoms with Gasteiger partial charge in [0.25, 0.3) is 5.56 Å². The molecule has 2 fully saturated rings. The van der Waals surface area contributed by atoms with Gasteiger partial charge in [-0.2, -0.15) is 4.98 Å². The maximum atomic E-state index is 13.1. The summed E-state index contributed by atoms with van der Waals surface area (Å²) in [6, 6.07) is 0. The third-order valence-electron chi connectivity index (χ3n) is 6.45. The maximum absolute atomic E-state index is 13.1. The fourth-order valence-corrected chi connectivity index (χ4v) is 5.89. The number of hydrogen-bond donors (Lipinski definition) is 4. The second-order valence-electron chi connectivity index (χ2n) is 9.07. The molecule has 0 spiro atoms. The molecule has 0 bridgehead atoms. The smallest absolute Gasteiger partial charge is 0.386 e. The van der Waals surface area contributed by atoms with Crippen molar-refractivity contribution in [1.82, 2.24) is 19.1 Å². The van der Waals surface area contributed by atoms with Crippen molar-refractivity contribution in [2.75, 3.05) is 26.1 Å². The zero-order valence-corrected chi connectivity index (χ0v) is 22.7. The molecule has 0 radical (unpaired) electrons. The lowest BCUT2D eigenvalue weighted by atomic mass is 10.2. The number of nitrogen functional groups attached to an aromatic ring is 1. The van der Waals surface area contributed by atoms with Crippen LogP contribution in [0.4, 0.5) is 5.82 Å². The molecule has 2 aromatic heterocycles. The molecule has 2 aliphatic rings. The number of thiol groups is 1. The number of hydrogen-bond acceptors (Lipinski definition) is 12. The molecule has 17 heteroatoms. The van der Waals surface area contributed by atoms with Gasteiger partial charge >= 0.3 is 18.2 Å². The summed E-state index contributed by atoms with van der Waals surface area (Å²) < 4.78 is 43.7. The SMILES string of the molecule is CO[C@H]1CC(n2cc(C)c(=O)[nH]c2=O)OC1CO[P@](=O)(S)O[C@H]1CC(n2cc(C)c(N)nc2=O)O[C@@H]1CO. The van der Waals surface area contributed by atoms with Gasteiger partial charge in [-0.15, -0.1) is 0 Å². The Morgan fingerprint density at radius 1 is 1.13 bits per heavy atom. The highest BCUT2D eigenvalue weighted by Gasteiger charge is 2.43. The first kappa shape index (κ1) is 28.7. The van der Waals surface area contributed by atoms with Gasteiger partial charge in [-0.3, -0.25) is 28.0 Å². The van der Waals surface area contributed by atoms with E-state index in [2.05, 4.69) is 22.2 Å². The summed E-state index contributed by atoms with van der Waals surface area (Å²) in [6.45, 7) is -1.51. The molecule has 4 heterocycles. The number of methoxy groups -OCH3 is 1. The number of nitrogens with one attached hydrogen (secondary N) is 1. The van der Waals surface area contributed by atoms with E-state index in [1.54, 1.807) is 13.8 Å². The molecule has 0 aliphatic carbocycles. The molecule has 2 aliphatic heterocycles. The Bertz CT molecular complexity index is 1400. The molecule has 4 rings (SSSR count). The first-order valence-electron chi connectivity index (χ1n) is 11.7. The van der Waals surface area contributed by atoms with Crippen LogP contribution in [0.3, 0.4) is 0 Å². The molecule has 38 heavy (non-hydrogen) atoms. The highest BCUT2D eigenvalue weighted by atomic mass is 32.7. The van der Waals surface area contributed by atoms with E-state index in [1.165, 1.54) is 28.6 Å². The average Bonchev–Trinajstić information content (AvgIpc) is 3.45. The number of aliphatic hydroxyl groups excluding tert-OH is 1. The molecule has 0 amide bonds. The second-order valence-corrected chi connectivity index (χ2v) is 11.9. The van der Waals surface area contributed by atoms with Crippen LogP contribution in [-0.2, 0) is 27.8 Å². The van der Waals surface area contributed by atoms with E-state index < -0.39 is 67.2 Å². The Morgan fingerprint density at radius 2 is 1.76 bits per heavy atom. The molecule has 4 N–H and O–H groups in total. The first-order chi connectivity index (χ1) is 17.9. The van der Waals surface area contributed by atoms with E-state index in [9.17, 15) is 24.1 Å². The van der Waals surface area contributed by atoms with Crippen LogP contribution < -0.4 is 22.7 Å². The number of anilines is 1. The van der Waals surface area contributed by atoms with Crippen LogP contribution in [0.2, 0.25) is 0 Å². The fourth-order valence-electron chi connectivity index (χ4n) is 4.37.